The van der Waals surface area contributed by atoms with Crippen LogP contribution in [0.3, 0.4) is 0 Å². The van der Waals surface area contributed by atoms with Gasteiger partial charge in [0.2, 0.25) is 5.91 Å². The van der Waals surface area contributed by atoms with Crippen molar-refractivity contribution in [3.63, 3.8) is 0 Å². The quantitative estimate of drug-likeness (QED) is 0.722. The number of hydrogen-bond donors (Lipinski definition) is 1. The van der Waals surface area contributed by atoms with E-state index in [1.165, 1.54) is 6.42 Å². The number of carbonyl (C=O) groups excluding carboxylic acids is 1. The number of hydrogen-bond acceptors (Lipinski definition) is 2. The average molecular weight is 229 g/mol. The zero-order valence-electron chi connectivity index (χ0n) is 10.2. The lowest BCUT2D eigenvalue weighted by Gasteiger charge is -2.40. The van der Waals surface area contributed by atoms with E-state index >= 15 is 0 Å². The molecule has 88 valence electrons. The van der Waals surface area contributed by atoms with E-state index in [1.807, 2.05) is 4.90 Å². The van der Waals surface area contributed by atoms with E-state index in [0.717, 1.165) is 12.8 Å². The summed E-state index contributed by atoms with van der Waals surface area (Å²) >= 11 is 4.42. The molecule has 0 bridgehead atoms. The highest BCUT2D eigenvalue weighted by Crippen LogP contribution is 2.25. The summed E-state index contributed by atoms with van der Waals surface area (Å²) in [6.45, 7) is 8.40. The van der Waals surface area contributed by atoms with Gasteiger partial charge in [-0.05, 0) is 39.0 Å². The maximum atomic E-state index is 12.2. The SMILES string of the molecule is CC(C)C(S)C(=O)N1[C@H](C)CCC[C@@H]1C. The van der Waals surface area contributed by atoms with E-state index in [-0.39, 0.29) is 11.2 Å². The summed E-state index contributed by atoms with van der Waals surface area (Å²) in [4.78, 5) is 14.3. The first-order valence-electron chi connectivity index (χ1n) is 5.95. The first kappa shape index (κ1) is 12.9. The molecule has 0 radical (unpaired) electrons. The van der Waals surface area contributed by atoms with Gasteiger partial charge >= 0.3 is 0 Å². The number of amides is 1. The molecule has 1 amide bonds. The van der Waals surface area contributed by atoms with Crippen LogP contribution in [0, 0.1) is 5.92 Å². The maximum Gasteiger partial charge on any atom is 0.236 e. The van der Waals surface area contributed by atoms with Crippen molar-refractivity contribution < 1.29 is 4.79 Å². The minimum atomic E-state index is -0.145. The van der Waals surface area contributed by atoms with Gasteiger partial charge in [-0.2, -0.15) is 12.6 Å². The van der Waals surface area contributed by atoms with Crippen molar-refractivity contribution in [2.24, 2.45) is 5.92 Å². The molecular formula is C12H23NOS. The minimum Gasteiger partial charge on any atom is -0.336 e. The summed E-state index contributed by atoms with van der Waals surface area (Å²) in [6, 6.07) is 0.768. The number of piperidine rings is 1. The normalized spacial score (nSPS) is 29.3. The lowest BCUT2D eigenvalue weighted by Crippen LogP contribution is -2.51. The van der Waals surface area contributed by atoms with Gasteiger partial charge in [-0.15, -0.1) is 0 Å². The standard InChI is InChI=1S/C12H23NOS/c1-8(2)11(15)12(14)13-9(3)6-5-7-10(13)4/h8-11,15H,5-7H2,1-4H3/t9-,10+,11?. The first-order valence-corrected chi connectivity index (χ1v) is 6.47. The molecule has 1 aliphatic heterocycles. The molecule has 3 heteroatoms. The van der Waals surface area contributed by atoms with E-state index < -0.39 is 0 Å². The predicted octanol–water partition coefficient (Wildman–Crippen LogP) is 2.73. The smallest absolute Gasteiger partial charge is 0.236 e. The lowest BCUT2D eigenvalue weighted by atomic mass is 9.96. The molecule has 0 saturated carbocycles. The lowest BCUT2D eigenvalue weighted by molar-refractivity contribution is -0.137. The highest BCUT2D eigenvalue weighted by Gasteiger charge is 2.32. The van der Waals surface area contributed by atoms with Crippen LogP contribution in [0.5, 0.6) is 0 Å². The number of carbonyl (C=O) groups is 1. The number of rotatable bonds is 2. The molecule has 1 rings (SSSR count). The highest BCUT2D eigenvalue weighted by molar-refractivity contribution is 7.81. The summed E-state index contributed by atoms with van der Waals surface area (Å²) in [5.74, 6) is 0.523. The van der Waals surface area contributed by atoms with Crippen molar-refractivity contribution in [2.75, 3.05) is 0 Å². The highest BCUT2D eigenvalue weighted by atomic mass is 32.1. The predicted molar refractivity (Wildman–Crippen MR) is 67.2 cm³/mol. The van der Waals surface area contributed by atoms with Crippen LogP contribution in [0.25, 0.3) is 0 Å². The van der Waals surface area contributed by atoms with Gasteiger partial charge in [0, 0.05) is 12.1 Å². The molecule has 0 aliphatic carbocycles. The second-order valence-corrected chi connectivity index (χ2v) is 5.62. The zero-order chi connectivity index (χ0) is 11.6. The maximum absolute atomic E-state index is 12.2. The van der Waals surface area contributed by atoms with Gasteiger partial charge in [0.25, 0.3) is 0 Å². The van der Waals surface area contributed by atoms with E-state index in [4.69, 9.17) is 0 Å². The molecule has 0 aromatic heterocycles. The molecule has 15 heavy (non-hydrogen) atoms. The molecule has 1 heterocycles. The molecule has 1 saturated heterocycles. The van der Waals surface area contributed by atoms with Crippen LogP contribution in [0.15, 0.2) is 0 Å². The molecular weight excluding hydrogens is 206 g/mol. The number of thiol groups is 1. The van der Waals surface area contributed by atoms with Gasteiger partial charge in [-0.1, -0.05) is 13.8 Å². The molecule has 2 nitrogen and oxygen atoms in total. The van der Waals surface area contributed by atoms with Crippen LogP contribution in [0.4, 0.5) is 0 Å². The summed E-state index contributed by atoms with van der Waals surface area (Å²) in [7, 11) is 0. The van der Waals surface area contributed by atoms with Gasteiger partial charge in [-0.3, -0.25) is 4.79 Å². The third-order valence-corrected chi connectivity index (χ3v) is 4.15. The fourth-order valence-corrected chi connectivity index (χ4v) is 2.43. The fourth-order valence-electron chi connectivity index (χ4n) is 2.29. The van der Waals surface area contributed by atoms with Crippen LogP contribution >= 0.6 is 12.6 Å². The molecule has 0 spiro atoms. The summed E-state index contributed by atoms with van der Waals surface area (Å²) in [6.07, 6.45) is 3.51. The summed E-state index contributed by atoms with van der Waals surface area (Å²) in [5, 5.41) is -0.145. The Morgan fingerprint density at radius 3 is 2.13 bits per heavy atom. The summed E-state index contributed by atoms with van der Waals surface area (Å²) < 4.78 is 0. The monoisotopic (exact) mass is 229 g/mol. The Labute approximate surface area is 98.8 Å². The molecule has 3 atom stereocenters. The van der Waals surface area contributed by atoms with Crippen molar-refractivity contribution >= 4 is 18.5 Å². The Bertz CT molecular complexity index is 220. The largest absolute Gasteiger partial charge is 0.336 e. The minimum absolute atomic E-state index is 0.145. The van der Waals surface area contributed by atoms with Crippen molar-refractivity contribution in [1.82, 2.24) is 4.90 Å². The van der Waals surface area contributed by atoms with Crippen LogP contribution < -0.4 is 0 Å². The van der Waals surface area contributed by atoms with E-state index in [2.05, 4.69) is 40.3 Å². The Hall–Kier alpha value is -0.180. The molecule has 1 fully saturated rings. The topological polar surface area (TPSA) is 20.3 Å². The molecule has 0 aromatic rings. The summed E-state index contributed by atoms with van der Waals surface area (Å²) in [5.41, 5.74) is 0. The van der Waals surface area contributed by atoms with Gasteiger partial charge in [0.1, 0.15) is 0 Å². The molecule has 0 aromatic carbocycles. The van der Waals surface area contributed by atoms with E-state index in [0.29, 0.717) is 18.0 Å². The van der Waals surface area contributed by atoms with Gasteiger partial charge in [-0.25, -0.2) is 0 Å². The molecule has 1 aliphatic rings. The third-order valence-electron chi connectivity index (χ3n) is 3.33. The van der Waals surface area contributed by atoms with Crippen molar-refractivity contribution in [3.05, 3.63) is 0 Å². The molecule has 0 N–H and O–H groups in total. The Morgan fingerprint density at radius 2 is 1.73 bits per heavy atom. The zero-order valence-corrected chi connectivity index (χ0v) is 11.1. The van der Waals surface area contributed by atoms with Crippen LogP contribution in [0.1, 0.15) is 47.0 Å². The Kier molecular flexibility index (Phi) is 4.50. The molecule has 1 unspecified atom stereocenters. The van der Waals surface area contributed by atoms with E-state index in [1.54, 1.807) is 0 Å². The van der Waals surface area contributed by atoms with Crippen LogP contribution in [-0.4, -0.2) is 28.1 Å². The second-order valence-electron chi connectivity index (χ2n) is 5.06. The average Bonchev–Trinajstić information content (AvgIpc) is 2.15. The van der Waals surface area contributed by atoms with E-state index in [9.17, 15) is 4.79 Å². The van der Waals surface area contributed by atoms with Gasteiger partial charge in [0.05, 0.1) is 5.25 Å². The fraction of sp³-hybridized carbons (Fsp3) is 0.917. The number of likely N-dealkylation sites (tertiary alicyclic amines) is 1. The second kappa shape index (κ2) is 5.24. The van der Waals surface area contributed by atoms with Crippen LogP contribution in [0.2, 0.25) is 0 Å². The van der Waals surface area contributed by atoms with Gasteiger partial charge < -0.3 is 4.90 Å². The van der Waals surface area contributed by atoms with Crippen molar-refractivity contribution in [1.29, 1.82) is 0 Å². The van der Waals surface area contributed by atoms with Crippen molar-refractivity contribution in [3.8, 4) is 0 Å². The van der Waals surface area contributed by atoms with Crippen molar-refractivity contribution in [2.45, 2.75) is 64.3 Å². The third kappa shape index (κ3) is 2.90. The van der Waals surface area contributed by atoms with Crippen LogP contribution in [-0.2, 0) is 4.79 Å². The van der Waals surface area contributed by atoms with Gasteiger partial charge in [0.15, 0.2) is 0 Å². The number of nitrogens with zero attached hydrogens (tertiary/aromatic N) is 1. The Balaban J connectivity index is 2.71. The first-order chi connectivity index (χ1) is 6.95. The Morgan fingerprint density at radius 1 is 1.27 bits per heavy atom.